The lowest BCUT2D eigenvalue weighted by Gasteiger charge is -2.28. The second-order valence-electron chi connectivity index (χ2n) is 7.04. The molecule has 7 heteroatoms. The van der Waals surface area contributed by atoms with Gasteiger partial charge in [-0.15, -0.1) is 0 Å². The number of nitrogens with one attached hydrogen (secondary N) is 2. The maximum atomic E-state index is 12.2. The van der Waals surface area contributed by atoms with E-state index in [1.54, 1.807) is 21.6 Å². The summed E-state index contributed by atoms with van der Waals surface area (Å²) in [6.07, 6.45) is 0. The van der Waals surface area contributed by atoms with Gasteiger partial charge in [-0.2, -0.15) is 0 Å². The lowest BCUT2D eigenvalue weighted by molar-refractivity contribution is -0.146. The van der Waals surface area contributed by atoms with Gasteiger partial charge in [0.15, 0.2) is 0 Å². The average Bonchev–Trinajstić information content (AvgIpc) is 2.38. The number of ether oxygens (including phenoxy) is 1. The van der Waals surface area contributed by atoms with E-state index in [0.717, 1.165) is 5.75 Å². The summed E-state index contributed by atoms with van der Waals surface area (Å²) in [5, 5.41) is 6.31. The molecule has 1 atom stereocenters. The molecular weight excluding hydrogens is 332 g/mol. The Morgan fingerprint density at radius 3 is 2.17 bits per heavy atom. The maximum absolute atomic E-state index is 12.2. The largest absolute Gasteiger partial charge is 0.465 e. The van der Waals surface area contributed by atoms with Gasteiger partial charge in [-0.3, -0.25) is 9.59 Å². The van der Waals surface area contributed by atoms with Gasteiger partial charge in [-0.25, -0.2) is 0 Å². The molecule has 0 saturated heterocycles. The maximum Gasteiger partial charge on any atom is 0.308 e. The van der Waals surface area contributed by atoms with Crippen LogP contribution in [0.2, 0.25) is 0 Å². The molecule has 0 spiro atoms. The minimum absolute atomic E-state index is 0.0225. The molecule has 1 unspecified atom stereocenters. The highest BCUT2D eigenvalue weighted by atomic mass is 33.1. The van der Waals surface area contributed by atoms with Crippen molar-refractivity contribution in [1.82, 2.24) is 10.6 Å². The molecule has 0 aromatic rings. The number of carbonyl (C=O) groups is 2. The zero-order valence-corrected chi connectivity index (χ0v) is 17.0. The van der Waals surface area contributed by atoms with Gasteiger partial charge >= 0.3 is 5.97 Å². The number of esters is 1. The quantitative estimate of drug-likeness (QED) is 0.353. The Bertz CT molecular complexity index is 369. The predicted octanol–water partition coefficient (Wildman–Crippen LogP) is 2.85. The fourth-order valence-corrected chi connectivity index (χ4v) is 3.60. The molecule has 0 aliphatic carbocycles. The topological polar surface area (TPSA) is 67.4 Å². The minimum atomic E-state index is -0.242. The molecule has 0 bridgehead atoms. The summed E-state index contributed by atoms with van der Waals surface area (Å²) in [7, 11) is 3.24. The normalized spacial score (nSPS) is 13.3. The van der Waals surface area contributed by atoms with Gasteiger partial charge in [0.2, 0.25) is 5.91 Å². The molecular formula is C16H32N2O3S2. The molecule has 0 aromatic heterocycles. The zero-order valence-electron chi connectivity index (χ0n) is 15.4. The predicted molar refractivity (Wildman–Crippen MR) is 101 cm³/mol. The van der Waals surface area contributed by atoms with E-state index in [1.165, 1.54) is 0 Å². The zero-order chi connectivity index (χ0) is 18.0. The van der Waals surface area contributed by atoms with Crippen LogP contribution in [-0.4, -0.2) is 47.6 Å². The van der Waals surface area contributed by atoms with Crippen molar-refractivity contribution in [3.8, 4) is 0 Å². The first kappa shape index (κ1) is 22.6. The Labute approximate surface area is 148 Å². The first-order chi connectivity index (χ1) is 10.5. The van der Waals surface area contributed by atoms with E-state index in [9.17, 15) is 9.59 Å². The highest BCUT2D eigenvalue weighted by molar-refractivity contribution is 8.76. The number of rotatable bonds is 10. The first-order valence-corrected chi connectivity index (χ1v) is 10.5. The van der Waals surface area contributed by atoms with Crippen LogP contribution < -0.4 is 10.6 Å². The molecule has 0 radical (unpaired) electrons. The van der Waals surface area contributed by atoms with E-state index >= 15 is 0 Å². The van der Waals surface area contributed by atoms with Gasteiger partial charge in [-0.1, -0.05) is 35.4 Å². The van der Waals surface area contributed by atoms with Gasteiger partial charge in [0.1, 0.15) is 6.61 Å². The van der Waals surface area contributed by atoms with Crippen molar-refractivity contribution in [3.05, 3.63) is 0 Å². The van der Waals surface area contributed by atoms with Crippen molar-refractivity contribution in [2.45, 2.75) is 66.1 Å². The fourth-order valence-electron chi connectivity index (χ4n) is 1.61. The Morgan fingerprint density at radius 1 is 1.09 bits per heavy atom. The van der Waals surface area contributed by atoms with Crippen molar-refractivity contribution in [1.29, 1.82) is 0 Å². The van der Waals surface area contributed by atoms with E-state index in [1.807, 2.05) is 48.5 Å². The van der Waals surface area contributed by atoms with E-state index in [-0.39, 0.29) is 35.4 Å². The van der Waals surface area contributed by atoms with E-state index in [2.05, 4.69) is 10.6 Å². The molecule has 5 nitrogen and oxygen atoms in total. The lowest BCUT2D eigenvalue weighted by atomic mass is 10.1. The van der Waals surface area contributed by atoms with Crippen LogP contribution in [-0.2, 0) is 14.3 Å². The molecule has 23 heavy (non-hydrogen) atoms. The summed E-state index contributed by atoms with van der Waals surface area (Å²) < 4.78 is 5.12. The van der Waals surface area contributed by atoms with Crippen LogP contribution in [0.3, 0.4) is 0 Å². The van der Waals surface area contributed by atoms with Crippen molar-refractivity contribution in [2.75, 3.05) is 18.1 Å². The Balaban J connectivity index is 4.14. The van der Waals surface area contributed by atoms with Gasteiger partial charge in [0.25, 0.3) is 0 Å². The molecule has 0 aliphatic heterocycles. The fraction of sp³-hybridized carbons (Fsp3) is 0.875. The van der Waals surface area contributed by atoms with Crippen LogP contribution in [0, 0.1) is 5.92 Å². The van der Waals surface area contributed by atoms with Crippen LogP contribution in [0.5, 0.6) is 0 Å². The van der Waals surface area contributed by atoms with Crippen LogP contribution >= 0.6 is 21.6 Å². The molecule has 0 saturated carbocycles. The van der Waals surface area contributed by atoms with Crippen LogP contribution in [0.25, 0.3) is 0 Å². The summed E-state index contributed by atoms with van der Waals surface area (Å²) in [6, 6.07) is -0.118. The summed E-state index contributed by atoms with van der Waals surface area (Å²) in [6.45, 7) is 14.1. The van der Waals surface area contributed by atoms with E-state index in [0.29, 0.717) is 12.4 Å². The third kappa shape index (κ3) is 12.7. The SMILES string of the molecule is CC(C)NC(=O)C(CSSCCOC(=O)C(C)C)NC(C)(C)C. The van der Waals surface area contributed by atoms with Crippen molar-refractivity contribution < 1.29 is 14.3 Å². The Hall–Kier alpha value is -0.400. The highest BCUT2D eigenvalue weighted by Crippen LogP contribution is 2.22. The van der Waals surface area contributed by atoms with Crippen molar-refractivity contribution >= 4 is 33.5 Å². The molecule has 1 amide bonds. The lowest BCUT2D eigenvalue weighted by Crippen LogP contribution is -2.53. The highest BCUT2D eigenvalue weighted by Gasteiger charge is 2.24. The third-order valence-corrected chi connectivity index (χ3v) is 4.93. The molecule has 0 aliphatic rings. The Kier molecular flexibility index (Phi) is 11.0. The molecule has 0 rings (SSSR count). The summed E-state index contributed by atoms with van der Waals surface area (Å²) in [5.41, 5.74) is -0.128. The standard InChI is InChI=1S/C16H32N2O3S2/c1-11(2)15(20)21-8-9-22-23-10-13(18-16(5,6)7)14(19)17-12(3)4/h11-13,18H,8-10H2,1-7H3,(H,17,19). The monoisotopic (exact) mass is 364 g/mol. The van der Waals surface area contributed by atoms with Crippen LogP contribution in [0.15, 0.2) is 0 Å². The summed E-state index contributed by atoms with van der Waals surface area (Å²) in [4.78, 5) is 23.6. The number of hydrogen-bond acceptors (Lipinski definition) is 6. The van der Waals surface area contributed by atoms with Gasteiger partial charge in [-0.05, 0) is 34.6 Å². The summed E-state index contributed by atoms with van der Waals surface area (Å²) >= 11 is 0. The number of hydrogen-bond donors (Lipinski definition) is 2. The second kappa shape index (κ2) is 11.2. The molecule has 0 heterocycles. The van der Waals surface area contributed by atoms with E-state index < -0.39 is 0 Å². The molecule has 2 N–H and O–H groups in total. The van der Waals surface area contributed by atoms with Gasteiger partial charge < -0.3 is 15.4 Å². The van der Waals surface area contributed by atoms with Crippen molar-refractivity contribution in [2.24, 2.45) is 5.92 Å². The molecule has 136 valence electrons. The molecule has 0 fully saturated rings. The first-order valence-electron chi connectivity index (χ1n) is 8.02. The van der Waals surface area contributed by atoms with Crippen molar-refractivity contribution in [3.63, 3.8) is 0 Å². The Morgan fingerprint density at radius 2 is 1.70 bits per heavy atom. The van der Waals surface area contributed by atoms with Gasteiger partial charge in [0.05, 0.1) is 12.0 Å². The number of carbonyl (C=O) groups excluding carboxylic acids is 2. The number of amides is 1. The summed E-state index contributed by atoms with van der Waals surface area (Å²) in [5.74, 6) is 1.15. The van der Waals surface area contributed by atoms with E-state index in [4.69, 9.17) is 4.74 Å². The third-order valence-electron chi connectivity index (χ3n) is 2.56. The van der Waals surface area contributed by atoms with Gasteiger partial charge in [0, 0.05) is 23.1 Å². The second-order valence-corrected chi connectivity index (χ2v) is 9.67. The van der Waals surface area contributed by atoms with Crippen LogP contribution in [0.4, 0.5) is 0 Å². The smallest absolute Gasteiger partial charge is 0.308 e. The molecule has 0 aromatic carbocycles. The van der Waals surface area contributed by atoms with Crippen LogP contribution in [0.1, 0.15) is 48.5 Å². The minimum Gasteiger partial charge on any atom is -0.465 e. The average molecular weight is 365 g/mol.